The number of nitrogens with zero attached hydrogens (tertiary/aromatic N) is 3. The number of aromatic nitrogens is 2. The molecule has 0 aliphatic carbocycles. The summed E-state index contributed by atoms with van der Waals surface area (Å²) in [5.41, 5.74) is 1.24. The molecule has 0 radical (unpaired) electrons. The SMILES string of the molecule is CC(C)(C)N1CCn2nc(C(=O)O)cc2C1. The normalized spacial score (nSPS) is 17.2. The lowest BCUT2D eigenvalue weighted by atomic mass is 10.0. The molecule has 0 aromatic carbocycles. The van der Waals surface area contributed by atoms with Gasteiger partial charge in [-0.05, 0) is 26.8 Å². The summed E-state index contributed by atoms with van der Waals surface area (Å²) in [6.45, 7) is 8.94. The van der Waals surface area contributed by atoms with Crippen molar-refractivity contribution >= 4 is 5.97 Å². The number of aromatic carboxylic acids is 1. The van der Waals surface area contributed by atoms with Crippen molar-refractivity contribution in [3.63, 3.8) is 0 Å². The highest BCUT2D eigenvalue weighted by molar-refractivity contribution is 5.85. The first-order chi connectivity index (χ1) is 7.38. The minimum absolute atomic E-state index is 0.110. The molecule has 0 spiro atoms. The van der Waals surface area contributed by atoms with Gasteiger partial charge < -0.3 is 5.11 Å². The third kappa shape index (κ3) is 1.95. The Morgan fingerprint density at radius 2 is 2.12 bits per heavy atom. The first-order valence-corrected chi connectivity index (χ1v) is 5.43. The molecule has 2 heterocycles. The first-order valence-electron chi connectivity index (χ1n) is 5.43. The molecule has 1 aromatic heterocycles. The Balaban J connectivity index is 2.24. The number of rotatable bonds is 1. The Morgan fingerprint density at radius 1 is 1.44 bits per heavy atom. The second-order valence-electron chi connectivity index (χ2n) is 5.14. The number of hydrogen-bond acceptors (Lipinski definition) is 3. The lowest BCUT2D eigenvalue weighted by Crippen LogP contribution is -2.45. The fourth-order valence-electron chi connectivity index (χ4n) is 1.94. The molecular weight excluding hydrogens is 206 g/mol. The van der Waals surface area contributed by atoms with Gasteiger partial charge in [-0.25, -0.2) is 4.79 Å². The monoisotopic (exact) mass is 223 g/mol. The molecule has 0 fully saturated rings. The molecular formula is C11H17N3O2. The van der Waals surface area contributed by atoms with Crippen LogP contribution in [0.5, 0.6) is 0 Å². The van der Waals surface area contributed by atoms with Gasteiger partial charge in [-0.1, -0.05) is 0 Å². The van der Waals surface area contributed by atoms with E-state index >= 15 is 0 Å². The zero-order valence-corrected chi connectivity index (χ0v) is 9.90. The summed E-state index contributed by atoms with van der Waals surface area (Å²) in [5.74, 6) is -0.954. The van der Waals surface area contributed by atoms with Crippen LogP contribution in [0, 0.1) is 0 Å². The Labute approximate surface area is 94.7 Å². The van der Waals surface area contributed by atoms with Gasteiger partial charge in [-0.3, -0.25) is 9.58 Å². The maximum atomic E-state index is 10.8. The van der Waals surface area contributed by atoms with Crippen molar-refractivity contribution in [2.45, 2.75) is 39.4 Å². The Morgan fingerprint density at radius 3 is 2.69 bits per heavy atom. The largest absolute Gasteiger partial charge is 0.476 e. The van der Waals surface area contributed by atoms with Crippen molar-refractivity contribution < 1.29 is 9.90 Å². The van der Waals surface area contributed by atoms with Gasteiger partial charge in [-0.2, -0.15) is 5.10 Å². The van der Waals surface area contributed by atoms with Gasteiger partial charge in [0.25, 0.3) is 0 Å². The fraction of sp³-hybridized carbons (Fsp3) is 0.636. The van der Waals surface area contributed by atoms with Crippen LogP contribution in [-0.2, 0) is 13.1 Å². The van der Waals surface area contributed by atoms with Crippen LogP contribution < -0.4 is 0 Å². The lowest BCUT2D eigenvalue weighted by Gasteiger charge is -2.38. The Kier molecular flexibility index (Phi) is 2.50. The van der Waals surface area contributed by atoms with E-state index in [1.807, 2.05) is 0 Å². The van der Waals surface area contributed by atoms with Crippen molar-refractivity contribution in [2.75, 3.05) is 6.54 Å². The van der Waals surface area contributed by atoms with Crippen LogP contribution in [0.4, 0.5) is 0 Å². The van der Waals surface area contributed by atoms with Gasteiger partial charge >= 0.3 is 5.97 Å². The molecule has 1 aliphatic heterocycles. The highest BCUT2D eigenvalue weighted by atomic mass is 16.4. The van der Waals surface area contributed by atoms with Crippen molar-refractivity contribution in [3.8, 4) is 0 Å². The van der Waals surface area contributed by atoms with Gasteiger partial charge in [-0.15, -0.1) is 0 Å². The molecule has 5 heteroatoms. The Bertz CT molecular complexity index is 417. The van der Waals surface area contributed by atoms with Crippen LogP contribution in [0.2, 0.25) is 0 Å². The highest BCUT2D eigenvalue weighted by Gasteiger charge is 2.27. The van der Waals surface area contributed by atoms with E-state index in [0.717, 1.165) is 25.3 Å². The number of carboxylic acid groups (broad SMARTS) is 1. The molecule has 88 valence electrons. The zero-order valence-electron chi connectivity index (χ0n) is 9.90. The van der Waals surface area contributed by atoms with Crippen LogP contribution in [0.15, 0.2) is 6.07 Å². The van der Waals surface area contributed by atoms with E-state index in [-0.39, 0.29) is 11.2 Å². The molecule has 2 rings (SSSR count). The average Bonchev–Trinajstić information content (AvgIpc) is 2.58. The van der Waals surface area contributed by atoms with Gasteiger partial charge in [0.2, 0.25) is 0 Å². The molecule has 0 saturated heterocycles. The molecule has 0 saturated carbocycles. The van der Waals surface area contributed by atoms with Crippen LogP contribution in [-0.4, -0.2) is 37.8 Å². The quantitative estimate of drug-likeness (QED) is 0.777. The Hall–Kier alpha value is -1.36. The average molecular weight is 223 g/mol. The van der Waals surface area contributed by atoms with E-state index in [1.165, 1.54) is 0 Å². The molecule has 1 aliphatic rings. The predicted octanol–water partition coefficient (Wildman–Crippen LogP) is 1.20. The maximum absolute atomic E-state index is 10.8. The summed E-state index contributed by atoms with van der Waals surface area (Å²) >= 11 is 0. The molecule has 0 atom stereocenters. The summed E-state index contributed by atoms with van der Waals surface area (Å²) in [6, 6.07) is 1.67. The number of carbonyl (C=O) groups is 1. The molecule has 5 nitrogen and oxygen atoms in total. The topological polar surface area (TPSA) is 58.4 Å². The van der Waals surface area contributed by atoms with Gasteiger partial charge in [0.15, 0.2) is 5.69 Å². The summed E-state index contributed by atoms with van der Waals surface area (Å²) in [7, 11) is 0. The molecule has 1 N–H and O–H groups in total. The number of carboxylic acids is 1. The maximum Gasteiger partial charge on any atom is 0.356 e. The van der Waals surface area contributed by atoms with Crippen molar-refractivity contribution in [2.24, 2.45) is 0 Å². The summed E-state index contributed by atoms with van der Waals surface area (Å²) < 4.78 is 1.80. The molecule has 0 bridgehead atoms. The second-order valence-corrected chi connectivity index (χ2v) is 5.14. The van der Waals surface area contributed by atoms with Crippen molar-refractivity contribution in [3.05, 3.63) is 17.5 Å². The predicted molar refractivity (Wildman–Crippen MR) is 59.3 cm³/mol. The van der Waals surface area contributed by atoms with Crippen LogP contribution in [0.3, 0.4) is 0 Å². The zero-order chi connectivity index (χ0) is 11.9. The minimum Gasteiger partial charge on any atom is -0.476 e. The minimum atomic E-state index is -0.954. The molecule has 16 heavy (non-hydrogen) atoms. The van der Waals surface area contributed by atoms with Crippen molar-refractivity contribution in [1.29, 1.82) is 0 Å². The van der Waals surface area contributed by atoms with E-state index in [4.69, 9.17) is 5.11 Å². The standard InChI is InChI=1S/C11H17N3O2/c1-11(2,3)13-4-5-14-8(7-13)6-9(12-14)10(15)16/h6H,4-5,7H2,1-3H3,(H,15,16). The number of fused-ring (bicyclic) bond motifs is 1. The van der Waals surface area contributed by atoms with Gasteiger partial charge in [0, 0.05) is 18.6 Å². The fourth-order valence-corrected chi connectivity index (χ4v) is 1.94. The smallest absolute Gasteiger partial charge is 0.356 e. The van der Waals surface area contributed by atoms with Gasteiger partial charge in [0.1, 0.15) is 0 Å². The van der Waals surface area contributed by atoms with E-state index in [0.29, 0.717) is 0 Å². The van der Waals surface area contributed by atoms with Crippen LogP contribution in [0.1, 0.15) is 37.0 Å². The molecule has 0 unspecified atom stereocenters. The van der Waals surface area contributed by atoms with Crippen molar-refractivity contribution in [1.82, 2.24) is 14.7 Å². The summed E-state index contributed by atoms with van der Waals surface area (Å²) in [5, 5.41) is 12.9. The molecule has 1 aromatic rings. The van der Waals surface area contributed by atoms with Gasteiger partial charge in [0.05, 0.1) is 12.2 Å². The third-order valence-electron chi connectivity index (χ3n) is 2.97. The number of hydrogen-bond donors (Lipinski definition) is 1. The third-order valence-corrected chi connectivity index (χ3v) is 2.97. The van der Waals surface area contributed by atoms with E-state index < -0.39 is 5.97 Å². The van der Waals surface area contributed by atoms with E-state index in [1.54, 1.807) is 10.7 Å². The summed E-state index contributed by atoms with van der Waals surface area (Å²) in [6.07, 6.45) is 0. The van der Waals surface area contributed by atoms with E-state index in [2.05, 4.69) is 30.8 Å². The van der Waals surface area contributed by atoms with Crippen LogP contribution in [0.25, 0.3) is 0 Å². The van der Waals surface area contributed by atoms with Crippen LogP contribution >= 0.6 is 0 Å². The first kappa shape index (κ1) is 11.1. The molecule has 0 amide bonds. The van der Waals surface area contributed by atoms with E-state index in [9.17, 15) is 4.79 Å². The summed E-state index contributed by atoms with van der Waals surface area (Å²) in [4.78, 5) is 13.1. The lowest BCUT2D eigenvalue weighted by molar-refractivity contribution is 0.0688. The second kappa shape index (κ2) is 3.59. The highest BCUT2D eigenvalue weighted by Crippen LogP contribution is 2.21.